The van der Waals surface area contributed by atoms with Gasteiger partial charge in [-0.25, -0.2) is 4.79 Å². The minimum atomic E-state index is -0.304. The van der Waals surface area contributed by atoms with Gasteiger partial charge in [0.25, 0.3) is 0 Å². The zero-order valence-corrected chi connectivity index (χ0v) is 21.9. The van der Waals surface area contributed by atoms with Gasteiger partial charge < -0.3 is 28.7 Å². The number of carbonyl (C=O) groups excluding carboxylic acids is 1. The highest BCUT2D eigenvalue weighted by atomic mass is 16.6. The van der Waals surface area contributed by atoms with Gasteiger partial charge >= 0.3 is 6.09 Å². The van der Waals surface area contributed by atoms with Crippen LogP contribution in [-0.2, 0) is 18.9 Å². The molecule has 3 aliphatic heterocycles. The number of allylic oxidation sites excluding steroid dienone is 1. The summed E-state index contributed by atoms with van der Waals surface area (Å²) in [7, 11) is 1.74. The molecule has 9 atom stereocenters. The van der Waals surface area contributed by atoms with Crippen molar-refractivity contribution in [2.45, 2.75) is 83.4 Å². The van der Waals surface area contributed by atoms with Crippen molar-refractivity contribution < 1.29 is 23.7 Å². The molecule has 0 aromatic rings. The highest BCUT2D eigenvalue weighted by Crippen LogP contribution is 2.60. The Morgan fingerprint density at radius 1 is 1.21 bits per heavy atom. The van der Waals surface area contributed by atoms with Crippen molar-refractivity contribution in [3.05, 3.63) is 11.6 Å². The van der Waals surface area contributed by atoms with Gasteiger partial charge in [0.1, 0.15) is 23.4 Å². The number of amides is 1. The molecule has 5 fully saturated rings. The predicted molar refractivity (Wildman–Crippen MR) is 130 cm³/mol. The van der Waals surface area contributed by atoms with Crippen LogP contribution in [0, 0.1) is 23.7 Å². The van der Waals surface area contributed by atoms with Crippen LogP contribution in [0.25, 0.3) is 0 Å². The molecule has 5 rings (SSSR count). The second kappa shape index (κ2) is 9.06. The first-order valence-corrected chi connectivity index (χ1v) is 13.4. The number of rotatable bonds is 9. The Hall–Kier alpha value is -1.15. The van der Waals surface area contributed by atoms with Gasteiger partial charge in [-0.2, -0.15) is 0 Å². The first-order valence-electron chi connectivity index (χ1n) is 13.4. The molecule has 7 nitrogen and oxygen atoms in total. The van der Waals surface area contributed by atoms with Crippen molar-refractivity contribution in [2.75, 3.05) is 46.4 Å². The Kier molecular flexibility index (Phi) is 6.54. The van der Waals surface area contributed by atoms with E-state index < -0.39 is 0 Å². The second-order valence-electron chi connectivity index (χ2n) is 11.7. The van der Waals surface area contributed by atoms with E-state index in [1.165, 1.54) is 5.57 Å². The summed E-state index contributed by atoms with van der Waals surface area (Å²) >= 11 is 0. The molecule has 0 aromatic heterocycles. The standard InChI is InChI=1S/C27H44N2O5/c1-7-28(8-2)13-18-19-14-29(15-20(18)19)25(30)33-21-11-12-27(16-32-27)24(23(21)31-6)26(5)22(34-26)10-9-17(3)4/h9,18-24H,7-8,10-16H2,1-6H3/t18?,19-,20+,21-,22-,23-,24-,26+,27+/m1/s1. The summed E-state index contributed by atoms with van der Waals surface area (Å²) in [5.41, 5.74) is 0.809. The van der Waals surface area contributed by atoms with Crippen LogP contribution in [0.5, 0.6) is 0 Å². The maximum atomic E-state index is 13.1. The Balaban J connectivity index is 1.19. The lowest BCUT2D eigenvalue weighted by atomic mass is 9.68. The molecular weight excluding hydrogens is 432 g/mol. The topological polar surface area (TPSA) is 67.1 Å². The number of hydrogen-bond acceptors (Lipinski definition) is 6. The van der Waals surface area contributed by atoms with E-state index in [0.717, 1.165) is 64.5 Å². The van der Waals surface area contributed by atoms with E-state index in [9.17, 15) is 4.79 Å². The molecule has 0 aromatic carbocycles. The minimum Gasteiger partial charge on any atom is -0.443 e. The van der Waals surface area contributed by atoms with E-state index in [0.29, 0.717) is 11.8 Å². The average Bonchev–Trinajstić information content (AvgIpc) is 3.77. The number of hydrogen-bond donors (Lipinski definition) is 0. The molecule has 5 aliphatic rings. The van der Waals surface area contributed by atoms with Crippen LogP contribution in [0.2, 0.25) is 0 Å². The monoisotopic (exact) mass is 476 g/mol. The largest absolute Gasteiger partial charge is 0.443 e. The van der Waals surface area contributed by atoms with Crippen LogP contribution in [-0.4, -0.2) is 91.8 Å². The fourth-order valence-electron chi connectivity index (χ4n) is 7.12. The number of ether oxygens (including phenoxy) is 4. The second-order valence-corrected chi connectivity index (χ2v) is 11.7. The summed E-state index contributed by atoms with van der Waals surface area (Å²) in [6.07, 6.45) is 4.33. The molecule has 1 amide bonds. The number of piperidine rings is 1. The predicted octanol–water partition coefficient (Wildman–Crippen LogP) is 3.72. The van der Waals surface area contributed by atoms with Gasteiger partial charge in [0.15, 0.2) is 0 Å². The third-order valence-electron chi connectivity index (χ3n) is 9.48. The Morgan fingerprint density at radius 3 is 2.44 bits per heavy atom. The van der Waals surface area contributed by atoms with E-state index in [1.807, 2.05) is 4.90 Å². The number of nitrogens with zero attached hydrogens (tertiary/aromatic N) is 2. The molecule has 0 N–H and O–H groups in total. The van der Waals surface area contributed by atoms with Crippen molar-refractivity contribution >= 4 is 6.09 Å². The summed E-state index contributed by atoms with van der Waals surface area (Å²) in [6, 6.07) is 0. The molecule has 7 heteroatoms. The fraction of sp³-hybridized carbons (Fsp3) is 0.889. The molecular formula is C27H44N2O5. The van der Waals surface area contributed by atoms with Crippen LogP contribution in [0.15, 0.2) is 11.6 Å². The fourth-order valence-corrected chi connectivity index (χ4v) is 7.12. The molecule has 34 heavy (non-hydrogen) atoms. The number of methoxy groups -OCH3 is 1. The van der Waals surface area contributed by atoms with Crippen LogP contribution >= 0.6 is 0 Å². The lowest BCUT2D eigenvalue weighted by molar-refractivity contribution is -0.121. The Labute approximate surface area is 205 Å². The van der Waals surface area contributed by atoms with E-state index in [2.05, 4.69) is 45.6 Å². The van der Waals surface area contributed by atoms with Gasteiger partial charge in [0.05, 0.1) is 18.6 Å². The third-order valence-corrected chi connectivity index (χ3v) is 9.48. The van der Waals surface area contributed by atoms with Crippen molar-refractivity contribution in [1.82, 2.24) is 9.80 Å². The van der Waals surface area contributed by atoms with Gasteiger partial charge in [0, 0.05) is 26.7 Å². The SMILES string of the molecule is CCN(CC)CC1[C@H]2CN(C(=O)O[C@@H]3CC[C@]4(CO4)[C@@H]([C@@]4(C)O[C@@H]4CC=C(C)C)[C@@H]3OC)C[C@@H]12. The first kappa shape index (κ1) is 24.5. The summed E-state index contributed by atoms with van der Waals surface area (Å²) in [5, 5.41) is 0. The number of fused-ring (bicyclic) bond motifs is 1. The number of epoxide rings is 2. The van der Waals surface area contributed by atoms with E-state index in [1.54, 1.807) is 7.11 Å². The van der Waals surface area contributed by atoms with E-state index in [4.69, 9.17) is 18.9 Å². The normalized spacial score (nSPS) is 44.2. The van der Waals surface area contributed by atoms with Crippen molar-refractivity contribution in [1.29, 1.82) is 0 Å². The molecule has 1 spiro atoms. The van der Waals surface area contributed by atoms with Crippen LogP contribution < -0.4 is 0 Å². The molecule has 192 valence electrons. The van der Waals surface area contributed by atoms with Gasteiger partial charge in [-0.15, -0.1) is 0 Å². The van der Waals surface area contributed by atoms with Gasteiger partial charge in [-0.1, -0.05) is 25.5 Å². The summed E-state index contributed by atoms with van der Waals surface area (Å²) in [5.74, 6) is 2.09. The maximum Gasteiger partial charge on any atom is 0.410 e. The van der Waals surface area contributed by atoms with Crippen molar-refractivity contribution in [3.63, 3.8) is 0 Å². The zero-order valence-electron chi connectivity index (χ0n) is 21.9. The third kappa shape index (κ3) is 4.31. The zero-order chi connectivity index (χ0) is 24.3. The molecule has 0 bridgehead atoms. The highest BCUT2D eigenvalue weighted by Gasteiger charge is 2.72. The summed E-state index contributed by atoms with van der Waals surface area (Å²) in [4.78, 5) is 17.6. The van der Waals surface area contributed by atoms with Crippen molar-refractivity contribution in [2.24, 2.45) is 23.7 Å². The summed E-state index contributed by atoms with van der Waals surface area (Å²) in [6.45, 7) is 16.7. The van der Waals surface area contributed by atoms with E-state index in [-0.39, 0.29) is 41.5 Å². The molecule has 2 aliphatic carbocycles. The van der Waals surface area contributed by atoms with Crippen molar-refractivity contribution in [3.8, 4) is 0 Å². The Bertz CT molecular complexity index is 793. The van der Waals surface area contributed by atoms with Gasteiger partial charge in [0.2, 0.25) is 0 Å². The highest BCUT2D eigenvalue weighted by molar-refractivity contribution is 5.68. The molecule has 3 saturated heterocycles. The van der Waals surface area contributed by atoms with Crippen LogP contribution in [0.3, 0.4) is 0 Å². The molecule has 3 heterocycles. The average molecular weight is 477 g/mol. The lowest BCUT2D eigenvalue weighted by Crippen LogP contribution is -2.56. The van der Waals surface area contributed by atoms with Gasteiger partial charge in [-0.3, -0.25) is 0 Å². The molecule has 2 saturated carbocycles. The number of carbonyl (C=O) groups is 1. The minimum absolute atomic E-state index is 0.0672. The van der Waals surface area contributed by atoms with Crippen LogP contribution in [0.1, 0.15) is 53.9 Å². The molecule has 0 radical (unpaired) electrons. The smallest absolute Gasteiger partial charge is 0.410 e. The van der Waals surface area contributed by atoms with E-state index >= 15 is 0 Å². The first-order chi connectivity index (χ1) is 16.3. The quantitative estimate of drug-likeness (QED) is 0.373. The number of likely N-dealkylation sites (tertiary alicyclic amines) is 1. The van der Waals surface area contributed by atoms with Crippen LogP contribution in [0.4, 0.5) is 4.79 Å². The molecule has 1 unspecified atom stereocenters. The van der Waals surface area contributed by atoms with Gasteiger partial charge in [-0.05, 0) is 70.9 Å². The Morgan fingerprint density at radius 2 is 1.88 bits per heavy atom. The maximum absolute atomic E-state index is 13.1. The summed E-state index contributed by atoms with van der Waals surface area (Å²) < 4.78 is 24.5. The lowest BCUT2D eigenvalue weighted by Gasteiger charge is -2.43.